The Hall–Kier alpha value is -3.73. The number of nitriles is 1. The van der Waals surface area contributed by atoms with Crippen LogP contribution >= 0.6 is 0 Å². The third-order valence-electron chi connectivity index (χ3n) is 5.12. The highest BCUT2D eigenvalue weighted by molar-refractivity contribution is 5.97. The van der Waals surface area contributed by atoms with E-state index in [1.54, 1.807) is 17.0 Å². The number of aryl methyl sites for hydroxylation is 1. The smallest absolute Gasteiger partial charge is 0.329 e. The number of pyridine rings is 1. The fraction of sp³-hybridized carbons (Fsp3) is 0.318. The number of benzene rings is 1. The molecule has 2 heterocycles. The Bertz CT molecular complexity index is 1230. The fourth-order valence-corrected chi connectivity index (χ4v) is 3.49. The lowest BCUT2D eigenvalue weighted by atomic mass is 10.0. The largest absolute Gasteiger partial charge is 0.332 e. The van der Waals surface area contributed by atoms with Crippen molar-refractivity contribution in [3.05, 3.63) is 74.1 Å². The monoisotopic (exact) mass is 405 g/mol. The highest BCUT2D eigenvalue weighted by atomic mass is 16.2. The van der Waals surface area contributed by atoms with E-state index in [-0.39, 0.29) is 28.5 Å². The molecule has 1 atom stereocenters. The van der Waals surface area contributed by atoms with Crippen LogP contribution in [-0.4, -0.2) is 31.9 Å². The molecule has 1 N–H and O–H groups in total. The van der Waals surface area contributed by atoms with E-state index in [0.717, 1.165) is 5.56 Å². The van der Waals surface area contributed by atoms with Gasteiger partial charge in [0.15, 0.2) is 0 Å². The summed E-state index contributed by atoms with van der Waals surface area (Å²) in [5, 5.41) is 9.17. The number of rotatable bonds is 6. The minimum atomic E-state index is -0.562. The first-order valence-corrected chi connectivity index (χ1v) is 9.85. The van der Waals surface area contributed by atoms with Crippen LogP contribution in [0, 0.1) is 11.3 Å². The van der Waals surface area contributed by atoms with Gasteiger partial charge in [-0.25, -0.2) is 9.78 Å². The molecule has 0 fully saturated rings. The summed E-state index contributed by atoms with van der Waals surface area (Å²) in [5.74, 6) is -0.267. The van der Waals surface area contributed by atoms with Gasteiger partial charge in [0.25, 0.3) is 11.5 Å². The number of hydrogen-bond donors (Lipinski definition) is 1. The zero-order valence-electron chi connectivity index (χ0n) is 17.2. The maximum atomic E-state index is 13.2. The third-order valence-corrected chi connectivity index (χ3v) is 5.12. The molecule has 0 spiro atoms. The van der Waals surface area contributed by atoms with Crippen LogP contribution in [0.25, 0.3) is 11.0 Å². The van der Waals surface area contributed by atoms with Crippen molar-refractivity contribution in [3.63, 3.8) is 0 Å². The van der Waals surface area contributed by atoms with Crippen LogP contribution in [0.5, 0.6) is 0 Å². The average molecular weight is 405 g/mol. The second-order valence-corrected chi connectivity index (χ2v) is 7.01. The Morgan fingerprint density at radius 2 is 1.97 bits per heavy atom. The molecule has 1 unspecified atom stereocenters. The van der Waals surface area contributed by atoms with E-state index in [9.17, 15) is 14.4 Å². The molecule has 0 bridgehead atoms. The zero-order chi connectivity index (χ0) is 21.8. The number of carbonyl (C=O) groups is 1. The SMILES string of the molecule is CCCn1c(=O)[nH]c(=O)c2cc(C(=O)N(CC)C(C)c3ccc(C#N)cc3)cnc21. The van der Waals surface area contributed by atoms with E-state index in [1.165, 1.54) is 16.8 Å². The Balaban J connectivity index is 2.00. The number of nitrogens with zero attached hydrogens (tertiary/aromatic N) is 4. The molecule has 1 aromatic carbocycles. The van der Waals surface area contributed by atoms with Gasteiger partial charge in [0, 0.05) is 19.3 Å². The van der Waals surface area contributed by atoms with Gasteiger partial charge >= 0.3 is 5.69 Å². The number of fused-ring (bicyclic) bond motifs is 1. The summed E-state index contributed by atoms with van der Waals surface area (Å²) >= 11 is 0. The average Bonchev–Trinajstić information content (AvgIpc) is 2.76. The van der Waals surface area contributed by atoms with Crippen LogP contribution in [0.4, 0.5) is 0 Å². The summed E-state index contributed by atoms with van der Waals surface area (Å²) in [7, 11) is 0. The van der Waals surface area contributed by atoms with E-state index in [2.05, 4.69) is 16.0 Å². The van der Waals surface area contributed by atoms with Crippen LogP contribution < -0.4 is 11.2 Å². The van der Waals surface area contributed by atoms with Gasteiger partial charge in [0.2, 0.25) is 0 Å². The quantitative estimate of drug-likeness (QED) is 0.677. The van der Waals surface area contributed by atoms with E-state index < -0.39 is 11.2 Å². The molecule has 3 aromatic rings. The zero-order valence-corrected chi connectivity index (χ0v) is 17.2. The lowest BCUT2D eigenvalue weighted by molar-refractivity contribution is 0.0702. The van der Waals surface area contributed by atoms with Gasteiger partial charge in [0.05, 0.1) is 28.6 Å². The first-order chi connectivity index (χ1) is 14.4. The number of hydrogen-bond acceptors (Lipinski definition) is 5. The van der Waals surface area contributed by atoms with Gasteiger partial charge in [-0.1, -0.05) is 19.1 Å². The van der Waals surface area contributed by atoms with Crippen molar-refractivity contribution in [2.24, 2.45) is 0 Å². The maximum Gasteiger partial charge on any atom is 0.329 e. The highest BCUT2D eigenvalue weighted by Crippen LogP contribution is 2.23. The molecule has 0 saturated carbocycles. The third kappa shape index (κ3) is 3.87. The molecule has 8 nitrogen and oxygen atoms in total. The van der Waals surface area contributed by atoms with Crippen molar-refractivity contribution in [2.75, 3.05) is 6.54 Å². The number of carbonyl (C=O) groups excluding carboxylic acids is 1. The lowest BCUT2D eigenvalue weighted by Crippen LogP contribution is -2.34. The molecular formula is C22H23N5O3. The molecule has 3 rings (SSSR count). The van der Waals surface area contributed by atoms with E-state index in [4.69, 9.17) is 5.26 Å². The molecule has 1 amide bonds. The Labute approximate surface area is 173 Å². The number of amides is 1. The summed E-state index contributed by atoms with van der Waals surface area (Å²) < 4.78 is 1.40. The molecule has 154 valence electrons. The molecular weight excluding hydrogens is 382 g/mol. The van der Waals surface area contributed by atoms with Crippen LogP contribution in [0.15, 0.2) is 46.1 Å². The van der Waals surface area contributed by atoms with Gasteiger partial charge in [0.1, 0.15) is 5.65 Å². The van der Waals surface area contributed by atoms with Crippen LogP contribution in [0.3, 0.4) is 0 Å². The van der Waals surface area contributed by atoms with E-state index >= 15 is 0 Å². The predicted octanol–water partition coefficient (Wildman–Crippen LogP) is 2.59. The molecule has 0 aliphatic carbocycles. The van der Waals surface area contributed by atoms with Crippen molar-refractivity contribution in [1.82, 2.24) is 19.4 Å². The summed E-state index contributed by atoms with van der Waals surface area (Å²) in [6, 6.07) is 10.4. The number of nitrogens with one attached hydrogen (secondary N) is 1. The minimum absolute atomic E-state index is 0.205. The highest BCUT2D eigenvalue weighted by Gasteiger charge is 2.23. The van der Waals surface area contributed by atoms with Gasteiger partial charge in [-0.05, 0) is 44.0 Å². The minimum Gasteiger partial charge on any atom is -0.332 e. The summed E-state index contributed by atoms with van der Waals surface area (Å²) in [5.41, 5.74) is 0.921. The first-order valence-electron chi connectivity index (χ1n) is 9.85. The normalized spacial score (nSPS) is 11.8. The van der Waals surface area contributed by atoms with Crippen molar-refractivity contribution < 1.29 is 4.79 Å². The van der Waals surface area contributed by atoms with Crippen molar-refractivity contribution in [3.8, 4) is 6.07 Å². The van der Waals surface area contributed by atoms with Crippen molar-refractivity contribution in [1.29, 1.82) is 5.26 Å². The Morgan fingerprint density at radius 1 is 1.27 bits per heavy atom. The number of aromatic amines is 1. The van der Waals surface area contributed by atoms with Crippen molar-refractivity contribution >= 4 is 16.9 Å². The van der Waals surface area contributed by atoms with Crippen molar-refractivity contribution in [2.45, 2.75) is 39.8 Å². The van der Waals surface area contributed by atoms with Gasteiger partial charge in [-0.15, -0.1) is 0 Å². The fourth-order valence-electron chi connectivity index (χ4n) is 3.49. The maximum absolute atomic E-state index is 13.2. The second-order valence-electron chi connectivity index (χ2n) is 7.01. The molecule has 0 radical (unpaired) electrons. The number of aromatic nitrogens is 3. The van der Waals surface area contributed by atoms with E-state index in [0.29, 0.717) is 25.1 Å². The first kappa shape index (κ1) is 21.0. The topological polar surface area (TPSA) is 112 Å². The Kier molecular flexibility index (Phi) is 6.11. The number of H-pyrrole nitrogens is 1. The van der Waals surface area contributed by atoms with Crippen LogP contribution in [0.1, 0.15) is 54.7 Å². The molecule has 0 aliphatic heterocycles. The van der Waals surface area contributed by atoms with E-state index in [1.807, 2.05) is 32.9 Å². The molecule has 8 heteroatoms. The predicted molar refractivity (Wildman–Crippen MR) is 113 cm³/mol. The molecule has 0 aliphatic rings. The standard InChI is InChI=1S/C22H23N5O3/c1-4-10-27-19-18(20(28)25-22(27)30)11-17(13-24-19)21(29)26(5-2)14(3)16-8-6-15(12-23)7-9-16/h6-9,11,13-14H,4-5,10H2,1-3H3,(H,25,28,30). The molecule has 30 heavy (non-hydrogen) atoms. The van der Waals surface area contributed by atoms with Gasteiger partial charge in [-0.3, -0.25) is 19.1 Å². The summed E-state index contributed by atoms with van der Waals surface area (Å²) in [4.78, 5) is 45.8. The summed E-state index contributed by atoms with van der Waals surface area (Å²) in [6.45, 7) is 6.57. The summed E-state index contributed by atoms with van der Waals surface area (Å²) in [6.07, 6.45) is 2.11. The van der Waals surface area contributed by atoms with Crippen LogP contribution in [-0.2, 0) is 6.54 Å². The van der Waals surface area contributed by atoms with Gasteiger partial charge in [-0.2, -0.15) is 5.26 Å². The lowest BCUT2D eigenvalue weighted by Gasteiger charge is -2.28. The van der Waals surface area contributed by atoms with Crippen LogP contribution in [0.2, 0.25) is 0 Å². The van der Waals surface area contributed by atoms with Gasteiger partial charge < -0.3 is 4.90 Å². The molecule has 0 saturated heterocycles. The molecule has 2 aromatic heterocycles. The second kappa shape index (κ2) is 8.74. The Morgan fingerprint density at radius 3 is 2.57 bits per heavy atom.